The van der Waals surface area contributed by atoms with Crippen LogP contribution < -0.4 is 10.6 Å². The number of anilines is 1. The van der Waals surface area contributed by atoms with Crippen molar-refractivity contribution in [1.29, 1.82) is 0 Å². The quantitative estimate of drug-likeness (QED) is 0.823. The van der Waals surface area contributed by atoms with Crippen molar-refractivity contribution in [3.05, 3.63) is 28.8 Å². The number of hydrogen-bond acceptors (Lipinski definition) is 3. The molecule has 1 heterocycles. The van der Waals surface area contributed by atoms with Gasteiger partial charge in [0, 0.05) is 13.2 Å². The first kappa shape index (κ1) is 17.6. The zero-order valence-corrected chi connectivity index (χ0v) is 12.6. The Morgan fingerprint density at radius 3 is 2.65 bits per heavy atom. The van der Waals surface area contributed by atoms with Crippen molar-refractivity contribution in [2.24, 2.45) is 0 Å². The van der Waals surface area contributed by atoms with E-state index in [0.29, 0.717) is 12.7 Å². The maximum atomic E-state index is 12.6. The molecule has 0 radical (unpaired) electrons. The molecule has 1 aromatic rings. The molecular formula is C14H14ClF3N2O3. The molecule has 0 aliphatic carbocycles. The van der Waals surface area contributed by atoms with E-state index >= 15 is 0 Å². The van der Waals surface area contributed by atoms with Gasteiger partial charge in [0.1, 0.15) is 0 Å². The molecule has 2 rings (SSSR count). The van der Waals surface area contributed by atoms with Crippen LogP contribution in [0, 0.1) is 0 Å². The Bertz CT molecular complexity index is 601. The van der Waals surface area contributed by atoms with Crippen molar-refractivity contribution >= 4 is 29.1 Å². The fourth-order valence-electron chi connectivity index (χ4n) is 2.07. The number of ether oxygens (including phenoxy) is 1. The van der Waals surface area contributed by atoms with Crippen LogP contribution in [0.2, 0.25) is 5.02 Å². The minimum absolute atomic E-state index is 0.0988. The molecule has 1 aliphatic rings. The molecule has 23 heavy (non-hydrogen) atoms. The lowest BCUT2D eigenvalue weighted by molar-refractivity contribution is -0.137. The number of hydrogen-bond donors (Lipinski definition) is 2. The lowest BCUT2D eigenvalue weighted by Crippen LogP contribution is -2.39. The fraction of sp³-hybridized carbons (Fsp3) is 0.429. The normalized spacial score (nSPS) is 17.8. The second-order valence-corrected chi connectivity index (χ2v) is 5.40. The molecule has 1 saturated heterocycles. The van der Waals surface area contributed by atoms with E-state index in [-0.39, 0.29) is 23.4 Å². The van der Waals surface area contributed by atoms with E-state index in [1.807, 2.05) is 0 Å². The van der Waals surface area contributed by atoms with E-state index in [1.165, 1.54) is 0 Å². The van der Waals surface area contributed by atoms with Gasteiger partial charge in [-0.3, -0.25) is 9.59 Å². The number of carbonyl (C=O) groups excluding carboxylic acids is 2. The minimum atomic E-state index is -4.58. The van der Waals surface area contributed by atoms with E-state index in [1.54, 1.807) is 0 Å². The summed E-state index contributed by atoms with van der Waals surface area (Å²) < 4.78 is 43.2. The van der Waals surface area contributed by atoms with Crippen LogP contribution in [0.25, 0.3) is 0 Å². The van der Waals surface area contributed by atoms with Crippen molar-refractivity contribution in [2.45, 2.75) is 25.1 Å². The molecule has 2 N–H and O–H groups in total. The molecule has 1 atom stereocenters. The Morgan fingerprint density at radius 1 is 1.30 bits per heavy atom. The number of alkyl halides is 3. The van der Waals surface area contributed by atoms with E-state index < -0.39 is 23.6 Å². The summed E-state index contributed by atoms with van der Waals surface area (Å²) >= 11 is 5.74. The van der Waals surface area contributed by atoms with E-state index in [0.717, 1.165) is 25.0 Å². The molecule has 0 unspecified atom stereocenters. The largest absolute Gasteiger partial charge is 0.416 e. The highest BCUT2D eigenvalue weighted by molar-refractivity contribution is 6.41. The molecule has 9 heteroatoms. The number of benzene rings is 1. The van der Waals surface area contributed by atoms with Crippen LogP contribution in [0.4, 0.5) is 18.9 Å². The predicted molar refractivity (Wildman–Crippen MR) is 77.1 cm³/mol. The van der Waals surface area contributed by atoms with Crippen LogP contribution in [0.3, 0.4) is 0 Å². The van der Waals surface area contributed by atoms with Crippen LogP contribution in [0.15, 0.2) is 18.2 Å². The van der Waals surface area contributed by atoms with Gasteiger partial charge in [-0.15, -0.1) is 0 Å². The first-order chi connectivity index (χ1) is 10.8. The third-order valence-corrected chi connectivity index (χ3v) is 3.59. The van der Waals surface area contributed by atoms with E-state index in [9.17, 15) is 22.8 Å². The van der Waals surface area contributed by atoms with Crippen molar-refractivity contribution in [3.8, 4) is 0 Å². The summed E-state index contributed by atoms with van der Waals surface area (Å²) in [6.45, 7) is 0.773. The molecule has 1 aliphatic heterocycles. The highest BCUT2D eigenvalue weighted by Crippen LogP contribution is 2.33. The van der Waals surface area contributed by atoms with Crippen molar-refractivity contribution in [3.63, 3.8) is 0 Å². The minimum Gasteiger partial charge on any atom is -0.376 e. The van der Waals surface area contributed by atoms with E-state index in [2.05, 4.69) is 10.6 Å². The molecular weight excluding hydrogens is 337 g/mol. The Hall–Kier alpha value is -1.80. The fourth-order valence-corrected chi connectivity index (χ4v) is 2.23. The topological polar surface area (TPSA) is 67.4 Å². The van der Waals surface area contributed by atoms with E-state index in [4.69, 9.17) is 16.3 Å². The standard InChI is InChI=1S/C14H14ClF3N2O3/c15-10-4-3-8(14(16,17)18)6-11(10)20-13(22)12(21)19-7-9-2-1-5-23-9/h3-4,6,9H,1-2,5,7H2,(H,19,21)(H,20,22)/t9-/m0/s1. The summed E-state index contributed by atoms with van der Waals surface area (Å²) in [5.41, 5.74) is -1.25. The van der Waals surface area contributed by atoms with Gasteiger partial charge in [0.15, 0.2) is 0 Å². The second-order valence-electron chi connectivity index (χ2n) is 4.99. The number of carbonyl (C=O) groups is 2. The highest BCUT2D eigenvalue weighted by Gasteiger charge is 2.31. The van der Waals surface area contributed by atoms with Gasteiger partial charge in [0.25, 0.3) is 0 Å². The maximum Gasteiger partial charge on any atom is 0.416 e. The predicted octanol–water partition coefficient (Wildman–Crippen LogP) is 2.59. The number of rotatable bonds is 3. The molecule has 5 nitrogen and oxygen atoms in total. The van der Waals surface area contributed by atoms with Crippen LogP contribution >= 0.6 is 11.6 Å². The van der Waals surface area contributed by atoms with Crippen LogP contribution in [0.5, 0.6) is 0 Å². The summed E-state index contributed by atoms with van der Waals surface area (Å²) in [5, 5.41) is 4.34. The summed E-state index contributed by atoms with van der Waals surface area (Å²) in [6, 6.07) is 2.47. The Labute approximate surface area is 135 Å². The smallest absolute Gasteiger partial charge is 0.376 e. The molecule has 126 valence electrons. The van der Waals surface area contributed by atoms with Gasteiger partial charge in [-0.05, 0) is 31.0 Å². The van der Waals surface area contributed by atoms with Gasteiger partial charge in [0.2, 0.25) is 0 Å². The monoisotopic (exact) mass is 350 g/mol. The first-order valence-electron chi connectivity index (χ1n) is 6.85. The molecule has 0 saturated carbocycles. The SMILES string of the molecule is O=C(NC[C@@H]1CCCO1)C(=O)Nc1cc(C(F)(F)F)ccc1Cl. The Kier molecular flexibility index (Phi) is 5.48. The maximum absolute atomic E-state index is 12.6. The van der Waals surface area contributed by atoms with Gasteiger partial charge in [-0.2, -0.15) is 13.2 Å². The Morgan fingerprint density at radius 2 is 2.04 bits per heavy atom. The molecule has 1 fully saturated rings. The lowest BCUT2D eigenvalue weighted by Gasteiger charge is -2.13. The summed E-state index contributed by atoms with van der Waals surface area (Å²) in [5.74, 6) is -2.06. The van der Waals surface area contributed by atoms with Gasteiger partial charge in [0.05, 0.1) is 22.4 Å². The molecule has 0 bridgehead atoms. The number of nitrogens with one attached hydrogen (secondary N) is 2. The van der Waals surface area contributed by atoms with Crippen molar-refractivity contribution in [1.82, 2.24) is 5.32 Å². The first-order valence-corrected chi connectivity index (χ1v) is 7.22. The van der Waals surface area contributed by atoms with Crippen LogP contribution in [-0.4, -0.2) is 31.1 Å². The molecule has 0 spiro atoms. The number of halogens is 4. The van der Waals surface area contributed by atoms with Crippen molar-refractivity contribution < 1.29 is 27.5 Å². The lowest BCUT2D eigenvalue weighted by atomic mass is 10.2. The average Bonchev–Trinajstić information content (AvgIpc) is 2.99. The van der Waals surface area contributed by atoms with Gasteiger partial charge < -0.3 is 15.4 Å². The van der Waals surface area contributed by atoms with Crippen molar-refractivity contribution in [2.75, 3.05) is 18.5 Å². The number of amides is 2. The zero-order valence-electron chi connectivity index (χ0n) is 11.9. The third kappa shape index (κ3) is 4.84. The van der Waals surface area contributed by atoms with Crippen LogP contribution in [0.1, 0.15) is 18.4 Å². The summed E-state index contributed by atoms with van der Waals surface area (Å²) in [6.07, 6.45) is -3.07. The third-order valence-electron chi connectivity index (χ3n) is 3.26. The summed E-state index contributed by atoms with van der Waals surface area (Å²) in [4.78, 5) is 23.4. The van der Waals surface area contributed by atoms with Crippen LogP contribution in [-0.2, 0) is 20.5 Å². The van der Waals surface area contributed by atoms with Gasteiger partial charge >= 0.3 is 18.0 Å². The van der Waals surface area contributed by atoms with Gasteiger partial charge in [-0.25, -0.2) is 0 Å². The summed E-state index contributed by atoms with van der Waals surface area (Å²) in [7, 11) is 0. The van der Waals surface area contributed by atoms with Gasteiger partial charge in [-0.1, -0.05) is 11.6 Å². The Balaban J connectivity index is 1.97. The zero-order chi connectivity index (χ0) is 17.0. The molecule has 0 aromatic heterocycles. The molecule has 1 aromatic carbocycles. The highest BCUT2D eigenvalue weighted by atomic mass is 35.5. The second kappa shape index (κ2) is 7.18. The molecule has 2 amide bonds. The average molecular weight is 351 g/mol.